The molecule has 9 aromatic carbocycles. The molecule has 2 unspecified atom stereocenters. The average Bonchev–Trinajstić information content (AvgIpc) is 1.57. The normalized spacial score (nSPS) is 20.2. The molecule has 145 heavy (non-hydrogen) atoms. The van der Waals surface area contributed by atoms with E-state index in [4.69, 9.17) is 9.47 Å². The monoisotopic (exact) mass is 2050 g/mol. The molecule has 21 nitrogen and oxygen atoms in total. The van der Waals surface area contributed by atoms with E-state index < -0.39 is 83.5 Å². The van der Waals surface area contributed by atoms with Crippen LogP contribution >= 0.6 is 0 Å². The zero-order chi connectivity index (χ0) is 106. The molecule has 18 rings (SSSR count). The number of likely N-dealkylation sites (tertiary alicyclic amines) is 2. The number of amides is 3. The number of benzene rings is 9. The first-order valence-corrected chi connectivity index (χ1v) is 55.5. The molecule has 6 aliphatic heterocycles. The number of sulfonamides is 1. The number of nitrogens with one attached hydrogen (secondary N) is 6. The minimum Gasteiger partial charge on any atom is -0.373 e. The maximum absolute atomic E-state index is 13.4. The fourth-order valence-electron chi connectivity index (χ4n) is 20.1. The van der Waals surface area contributed by atoms with Gasteiger partial charge in [-0.15, -0.1) is 0 Å². The van der Waals surface area contributed by atoms with Crippen molar-refractivity contribution in [1.82, 2.24) is 39.3 Å². The number of aryl methyl sites for hydroxylation is 1. The van der Waals surface area contributed by atoms with Crippen molar-refractivity contribution in [2.45, 2.75) is 322 Å². The minimum atomic E-state index is -4.52. The van der Waals surface area contributed by atoms with Crippen molar-refractivity contribution in [3.63, 3.8) is 0 Å². The van der Waals surface area contributed by atoms with Crippen molar-refractivity contribution in [3.05, 3.63) is 312 Å². The molecule has 4 atom stereocenters. The SMILES string of the molecule is CC(C)(C)NCc1ccc(CN2CCC3(C=Cc4ccccc43)CC2)cc1.CC(C)(C)O[C@@H]1CCc2c1cc(F)cc2C(F)(F)F.CC(C)(C)c1cccc(C2CC(=O)NS(=O)(=O)C2)c1.CC(C)(C)c1cccc(C2CC(=O)NS(=O)(=O)N2)c1.CC(C)(C)c1cccc(N2CC(=O)NS2(=O)=O)c1.CN1CC2(CCN(Cc3ccc(CNC(C)(C)C)cc3)CC2)c2ccccc21.Cc1cccc2c1CC[C@H]2OC(C)(C)C. The van der Waals surface area contributed by atoms with E-state index in [9.17, 15) is 57.2 Å². The Morgan fingerprint density at radius 3 is 1.46 bits per heavy atom. The summed E-state index contributed by atoms with van der Waals surface area (Å²) in [7, 11) is -8.68. The van der Waals surface area contributed by atoms with E-state index in [2.05, 4.69) is 275 Å². The Balaban J connectivity index is 0.000000152. The predicted octanol–water partition coefficient (Wildman–Crippen LogP) is 22.6. The molecule has 0 radical (unpaired) electrons. The summed E-state index contributed by atoms with van der Waals surface area (Å²) in [5.74, 6) is -2.54. The molecule has 9 aliphatic rings. The third-order valence-electron chi connectivity index (χ3n) is 27.8. The molecule has 5 saturated heterocycles. The van der Waals surface area contributed by atoms with Crippen LogP contribution in [0.5, 0.6) is 0 Å². The topological polar surface area (TPSA) is 257 Å². The number of nitrogens with zero attached hydrogens (tertiary/aromatic N) is 4. The Labute approximate surface area is 861 Å². The summed E-state index contributed by atoms with van der Waals surface area (Å²) in [4.78, 5) is 41.8. The molecule has 0 bridgehead atoms. The Bertz CT molecular complexity index is 6300. The number of halogens is 4. The number of hydrogen-bond donors (Lipinski definition) is 6. The van der Waals surface area contributed by atoms with Gasteiger partial charge in [0.15, 0.2) is 0 Å². The molecule has 0 saturated carbocycles. The van der Waals surface area contributed by atoms with E-state index in [1.54, 1.807) is 29.3 Å². The predicted molar refractivity (Wildman–Crippen MR) is 577 cm³/mol. The van der Waals surface area contributed by atoms with Crippen molar-refractivity contribution >= 4 is 65.6 Å². The van der Waals surface area contributed by atoms with Gasteiger partial charge >= 0.3 is 26.6 Å². The van der Waals surface area contributed by atoms with Gasteiger partial charge in [0.1, 0.15) is 12.4 Å². The number of rotatable bonds is 13. The largest absolute Gasteiger partial charge is 0.416 e. The number of carbonyl (C=O) groups is 3. The van der Waals surface area contributed by atoms with E-state index in [1.807, 2.05) is 110 Å². The van der Waals surface area contributed by atoms with E-state index in [1.165, 1.54) is 115 Å². The number of hydrogen-bond acceptors (Lipinski definition) is 16. The van der Waals surface area contributed by atoms with Gasteiger partial charge in [-0.3, -0.25) is 28.9 Å². The zero-order valence-corrected chi connectivity index (χ0v) is 91.8. The number of fused-ring (bicyclic) bond motifs is 6. The molecule has 3 aliphatic carbocycles. The summed E-state index contributed by atoms with van der Waals surface area (Å²) < 4.78 is 143. The molecule has 5 fully saturated rings. The van der Waals surface area contributed by atoms with Gasteiger partial charge in [0.05, 0.1) is 46.5 Å². The Morgan fingerprint density at radius 2 is 0.952 bits per heavy atom. The second-order valence-corrected chi connectivity index (χ2v) is 52.3. The summed E-state index contributed by atoms with van der Waals surface area (Å²) in [5, 5.41) is 7.12. The smallest absolute Gasteiger partial charge is 0.373 e. The lowest BCUT2D eigenvalue weighted by molar-refractivity contribution is -0.138. The summed E-state index contributed by atoms with van der Waals surface area (Å²) in [6.07, 6.45) is 8.48. The number of para-hydroxylation sites is 1. The van der Waals surface area contributed by atoms with Crippen LogP contribution in [0, 0.1) is 12.7 Å². The summed E-state index contributed by atoms with van der Waals surface area (Å²) >= 11 is 0. The highest BCUT2D eigenvalue weighted by atomic mass is 32.2. The fraction of sp³-hybridized carbons (Fsp3) is 0.496. The molecular formula is C117H156F4N10O11S3. The number of alkyl halides is 3. The Morgan fingerprint density at radius 1 is 0.476 bits per heavy atom. The summed E-state index contributed by atoms with van der Waals surface area (Å²) in [5.41, 5.74) is 21.4. The lowest BCUT2D eigenvalue weighted by Gasteiger charge is -2.40. The first kappa shape index (κ1) is 114. The lowest BCUT2D eigenvalue weighted by atomic mass is 9.74. The number of anilines is 2. The maximum atomic E-state index is 13.4. The van der Waals surface area contributed by atoms with Crippen LogP contribution in [0.3, 0.4) is 0 Å². The summed E-state index contributed by atoms with van der Waals surface area (Å²) in [6, 6.07) is 66.8. The van der Waals surface area contributed by atoms with Gasteiger partial charge in [-0.05, 0) is 309 Å². The first-order chi connectivity index (χ1) is 67.4. The van der Waals surface area contributed by atoms with Crippen molar-refractivity contribution < 1.29 is 66.7 Å². The Kier molecular flexibility index (Phi) is 35.8. The third kappa shape index (κ3) is 32.0. The van der Waals surface area contributed by atoms with E-state index in [0.717, 1.165) is 70.8 Å². The lowest BCUT2D eigenvalue weighted by Crippen LogP contribution is -2.48. The van der Waals surface area contributed by atoms with Gasteiger partial charge in [-0.1, -0.05) is 244 Å². The van der Waals surface area contributed by atoms with E-state index >= 15 is 0 Å². The molecule has 3 amide bonds. The average molecular weight is 2050 g/mol. The van der Waals surface area contributed by atoms with Crippen LogP contribution < -0.4 is 38.7 Å². The van der Waals surface area contributed by atoms with Crippen molar-refractivity contribution in [2.24, 2.45) is 0 Å². The molecule has 9 aromatic rings. The van der Waals surface area contributed by atoms with Crippen LogP contribution in [0.25, 0.3) is 6.08 Å². The molecular weight excluding hydrogens is 1890 g/mol. The molecule has 6 heterocycles. The van der Waals surface area contributed by atoms with Crippen LogP contribution in [0.1, 0.15) is 321 Å². The first-order valence-electron chi connectivity index (χ1n) is 50.9. The fourth-order valence-corrected chi connectivity index (χ4v) is 23.7. The van der Waals surface area contributed by atoms with Gasteiger partial charge < -0.3 is 25.0 Å². The summed E-state index contributed by atoms with van der Waals surface area (Å²) in [6.45, 7) is 55.8. The number of ether oxygens (including phenoxy) is 2. The van der Waals surface area contributed by atoms with E-state index in [-0.39, 0.29) is 81.4 Å². The number of allylic oxidation sites excluding steroid dienone is 1. The molecule has 0 aromatic heterocycles. The van der Waals surface area contributed by atoms with Crippen LogP contribution in [0.4, 0.5) is 28.9 Å². The number of likely N-dealkylation sites (N-methyl/N-ethyl adjacent to an activating group) is 1. The highest BCUT2D eigenvalue weighted by Crippen LogP contribution is 2.49. The van der Waals surface area contributed by atoms with Gasteiger partial charge in [-0.25, -0.2) is 26.6 Å². The Hall–Kier alpha value is -9.98. The highest BCUT2D eigenvalue weighted by Gasteiger charge is 2.46. The molecule has 2 spiro atoms. The number of carbonyl (C=O) groups excluding carboxylic acids is 3. The third-order valence-corrected chi connectivity index (χ3v) is 31.7. The minimum absolute atomic E-state index is 0.00576. The second-order valence-electron chi connectivity index (χ2n) is 47.5. The van der Waals surface area contributed by atoms with Crippen molar-refractivity contribution in [3.8, 4) is 0 Å². The van der Waals surface area contributed by atoms with Crippen LogP contribution in [0.2, 0.25) is 0 Å². The quantitative estimate of drug-likeness (QED) is 0.0587. The molecule has 28 heteroatoms. The van der Waals surface area contributed by atoms with E-state index in [0.29, 0.717) is 35.3 Å². The zero-order valence-electron chi connectivity index (χ0n) is 89.4. The maximum Gasteiger partial charge on any atom is 0.416 e. The van der Waals surface area contributed by atoms with Gasteiger partial charge in [0.2, 0.25) is 21.8 Å². The van der Waals surface area contributed by atoms with Crippen molar-refractivity contribution in [2.75, 3.05) is 61.3 Å². The van der Waals surface area contributed by atoms with Crippen molar-refractivity contribution in [1.29, 1.82) is 0 Å². The standard InChI is InChI=1S/C25H35N3.C25H32N2.C14H16F4O.C14H19NO3S.C14H20O.C13H18N2O3S.C12H16N2O3S/c1-24(2,3)26-17-20-9-11-21(12-10-20)18-28-15-13-25(14-16-28)19-27(4)23-8-6-5-7-22(23)25;1-24(2,3)26-18-20-8-10-21(11-9-20)19-27-16-14-25(15-17-27)13-12-22-6-4-5-7-23(22)25;1-13(2,3)19-12-5-4-9-10(12)6-8(15)7-11(9)14(16,17)18;1-14(2,3)12-6-4-5-10(7-12)11-8-13(16)15-19(17,18)9-11;1-10-6-5-7-12-11(10)8-9-13(12)15-14(2,3)4;1-13(2,3)10-6-4-5-9(7-10)11-8-12(16)15-19(17,18)14-11;1-12(2,3)9-5-4-6-10(7-9)14-8-11(15)13-18(14,16)17/h5-12,26H,13-19H2,1-4H3;4-13,26H,14-19H2,1-3H3;6-7,12H,4-5H2,1-3H3;4-7,11H,8-9H2,1-3H3,(H,15,16);5-7,13H,8-9H2,1-4H3;4-7,11,14H,8H2,1-3H3,(H,15,16);4-7H,8H2,1-3H3,(H,13,15)/t;;12-;;13-;;/m..1.1../s1. The molecule has 6 N–H and O–H groups in total. The van der Waals surface area contributed by atoms with Gasteiger partial charge in [-0.2, -0.15) is 34.7 Å². The van der Waals surface area contributed by atoms with Crippen LogP contribution in [-0.4, -0.2) is 127 Å². The molecule has 786 valence electrons. The number of piperidine rings is 2. The van der Waals surface area contributed by atoms with Gasteiger partial charge in [0.25, 0.3) is 5.91 Å². The van der Waals surface area contributed by atoms with Crippen LogP contribution in [-0.2, 0) is 127 Å². The second kappa shape index (κ2) is 45.6. The highest BCUT2D eigenvalue weighted by molar-refractivity contribution is 7.92. The van der Waals surface area contributed by atoms with Crippen LogP contribution in [0.15, 0.2) is 206 Å². The van der Waals surface area contributed by atoms with Gasteiger partial charge in [0, 0.05) is 86.1 Å².